The molecule has 1 aromatic rings. The molecular formula is C15H25ClN2O4S. The number of hydrogen-bond donors (Lipinski definition) is 1. The Morgan fingerprint density at radius 1 is 1.26 bits per heavy atom. The van der Waals surface area contributed by atoms with E-state index >= 15 is 0 Å². The highest BCUT2D eigenvalue weighted by Gasteiger charge is 2.31. The van der Waals surface area contributed by atoms with Crippen LogP contribution in [0.4, 0.5) is 0 Å². The van der Waals surface area contributed by atoms with Gasteiger partial charge in [-0.15, -0.1) is 12.4 Å². The smallest absolute Gasteiger partial charge is 0.243 e. The molecule has 8 heteroatoms. The standard InChI is InChI=1S/C15H24N2O4S.ClH/c1-11-7-13(20-2)14(21-3)8-15(11)22(18,19)17-6-4-5-12(9-16)10-17;/h7-8,12H,4-6,9-10,16H2,1-3H3;1H. The third-order valence-corrected chi connectivity index (χ3v) is 6.12. The first kappa shape index (κ1) is 20.0. The van der Waals surface area contributed by atoms with E-state index in [1.165, 1.54) is 24.6 Å². The van der Waals surface area contributed by atoms with Crippen LogP contribution in [0.5, 0.6) is 11.5 Å². The van der Waals surface area contributed by atoms with Crippen LogP contribution in [0.25, 0.3) is 0 Å². The van der Waals surface area contributed by atoms with E-state index in [1.807, 2.05) is 0 Å². The van der Waals surface area contributed by atoms with Crippen LogP contribution in [-0.2, 0) is 10.0 Å². The van der Waals surface area contributed by atoms with E-state index in [1.54, 1.807) is 13.0 Å². The first-order chi connectivity index (χ1) is 10.4. The maximum atomic E-state index is 12.9. The predicted octanol–water partition coefficient (Wildman–Crippen LogP) is 1.79. The van der Waals surface area contributed by atoms with Crippen molar-refractivity contribution in [3.05, 3.63) is 17.7 Å². The molecule has 1 aliphatic rings. The molecule has 1 atom stereocenters. The van der Waals surface area contributed by atoms with E-state index < -0.39 is 10.0 Å². The lowest BCUT2D eigenvalue weighted by molar-refractivity contribution is 0.271. The van der Waals surface area contributed by atoms with Crippen LogP contribution in [-0.4, -0.2) is 46.6 Å². The lowest BCUT2D eigenvalue weighted by atomic mass is 10.0. The summed E-state index contributed by atoms with van der Waals surface area (Å²) in [4.78, 5) is 0.267. The quantitative estimate of drug-likeness (QED) is 0.861. The molecule has 0 saturated carbocycles. The molecule has 2 N–H and O–H groups in total. The van der Waals surface area contributed by atoms with Gasteiger partial charge in [-0.2, -0.15) is 4.31 Å². The molecular weight excluding hydrogens is 340 g/mol. The number of methoxy groups -OCH3 is 2. The Labute approximate surface area is 144 Å². The summed E-state index contributed by atoms with van der Waals surface area (Å²) >= 11 is 0. The first-order valence-corrected chi connectivity index (χ1v) is 8.80. The Hall–Kier alpha value is -1.02. The van der Waals surface area contributed by atoms with E-state index in [-0.39, 0.29) is 23.2 Å². The molecule has 1 unspecified atom stereocenters. The highest BCUT2D eigenvalue weighted by molar-refractivity contribution is 7.89. The molecule has 0 aliphatic carbocycles. The zero-order valence-corrected chi connectivity index (χ0v) is 15.4. The number of nitrogens with two attached hydrogens (primary N) is 1. The maximum absolute atomic E-state index is 12.9. The summed E-state index contributed by atoms with van der Waals surface area (Å²) in [6, 6.07) is 3.23. The number of benzene rings is 1. The van der Waals surface area contributed by atoms with Gasteiger partial charge in [0.25, 0.3) is 0 Å². The van der Waals surface area contributed by atoms with Gasteiger partial charge in [0, 0.05) is 19.2 Å². The van der Waals surface area contributed by atoms with E-state index in [4.69, 9.17) is 15.2 Å². The molecule has 23 heavy (non-hydrogen) atoms. The second-order valence-corrected chi connectivity index (χ2v) is 7.49. The number of halogens is 1. The fourth-order valence-corrected chi connectivity index (χ4v) is 4.59. The summed E-state index contributed by atoms with van der Waals surface area (Å²) in [6.07, 6.45) is 1.82. The van der Waals surface area contributed by atoms with Crippen molar-refractivity contribution in [1.82, 2.24) is 4.31 Å². The Morgan fingerprint density at radius 3 is 2.43 bits per heavy atom. The van der Waals surface area contributed by atoms with Crippen LogP contribution < -0.4 is 15.2 Å². The molecule has 0 bridgehead atoms. The van der Waals surface area contributed by atoms with Crippen LogP contribution in [0.3, 0.4) is 0 Å². The molecule has 1 heterocycles. The van der Waals surface area contributed by atoms with Gasteiger partial charge < -0.3 is 15.2 Å². The monoisotopic (exact) mass is 364 g/mol. The molecule has 1 aliphatic heterocycles. The number of rotatable bonds is 5. The first-order valence-electron chi connectivity index (χ1n) is 7.36. The van der Waals surface area contributed by atoms with Crippen molar-refractivity contribution >= 4 is 22.4 Å². The van der Waals surface area contributed by atoms with Crippen molar-refractivity contribution in [2.75, 3.05) is 33.9 Å². The predicted molar refractivity (Wildman–Crippen MR) is 92.1 cm³/mol. The minimum atomic E-state index is -3.55. The highest BCUT2D eigenvalue weighted by atomic mass is 35.5. The fraction of sp³-hybridized carbons (Fsp3) is 0.600. The number of aryl methyl sites for hydroxylation is 1. The summed E-state index contributed by atoms with van der Waals surface area (Å²) in [5.41, 5.74) is 6.35. The molecule has 0 spiro atoms. The third kappa shape index (κ3) is 4.09. The molecule has 132 valence electrons. The molecule has 0 amide bonds. The topological polar surface area (TPSA) is 81.9 Å². The van der Waals surface area contributed by atoms with Crippen molar-refractivity contribution < 1.29 is 17.9 Å². The number of piperidine rings is 1. The molecule has 1 saturated heterocycles. The Kier molecular flexibility index (Phi) is 7.13. The third-order valence-electron chi connectivity index (χ3n) is 4.11. The van der Waals surface area contributed by atoms with Crippen LogP contribution in [0.1, 0.15) is 18.4 Å². The number of hydrogen-bond acceptors (Lipinski definition) is 5. The van der Waals surface area contributed by atoms with E-state index in [2.05, 4.69) is 0 Å². The summed E-state index contributed by atoms with van der Waals surface area (Å²) in [5, 5.41) is 0. The molecule has 1 aromatic carbocycles. The average Bonchev–Trinajstić information content (AvgIpc) is 2.54. The minimum Gasteiger partial charge on any atom is -0.493 e. The minimum absolute atomic E-state index is 0. The average molecular weight is 365 g/mol. The zero-order chi connectivity index (χ0) is 16.3. The second-order valence-electron chi connectivity index (χ2n) is 5.58. The van der Waals surface area contributed by atoms with Crippen LogP contribution in [0.15, 0.2) is 17.0 Å². The summed E-state index contributed by atoms with van der Waals surface area (Å²) in [7, 11) is -0.526. The van der Waals surface area contributed by atoms with Gasteiger partial charge >= 0.3 is 0 Å². The molecule has 2 rings (SSSR count). The van der Waals surface area contributed by atoms with Crippen LogP contribution in [0, 0.1) is 12.8 Å². The molecule has 1 fully saturated rings. The van der Waals surface area contributed by atoms with Crippen LogP contribution >= 0.6 is 12.4 Å². The van der Waals surface area contributed by atoms with Gasteiger partial charge in [0.1, 0.15) is 0 Å². The van der Waals surface area contributed by atoms with Gasteiger partial charge in [-0.3, -0.25) is 0 Å². The van der Waals surface area contributed by atoms with E-state index in [9.17, 15) is 8.42 Å². The van der Waals surface area contributed by atoms with Crippen molar-refractivity contribution in [2.45, 2.75) is 24.7 Å². The van der Waals surface area contributed by atoms with Crippen molar-refractivity contribution in [2.24, 2.45) is 11.7 Å². The van der Waals surface area contributed by atoms with Gasteiger partial charge in [-0.25, -0.2) is 8.42 Å². The number of sulfonamides is 1. The second kappa shape index (κ2) is 8.19. The van der Waals surface area contributed by atoms with Gasteiger partial charge in [-0.05, 0) is 43.9 Å². The van der Waals surface area contributed by atoms with Crippen LogP contribution in [0.2, 0.25) is 0 Å². The number of ether oxygens (including phenoxy) is 2. The zero-order valence-electron chi connectivity index (χ0n) is 13.7. The van der Waals surface area contributed by atoms with Crippen molar-refractivity contribution in [3.63, 3.8) is 0 Å². The molecule has 6 nitrogen and oxygen atoms in total. The Morgan fingerprint density at radius 2 is 1.87 bits per heavy atom. The van der Waals surface area contributed by atoms with Gasteiger partial charge in [-0.1, -0.05) is 0 Å². The van der Waals surface area contributed by atoms with E-state index in [0.717, 1.165) is 12.8 Å². The Balaban J connectivity index is 0.00000264. The normalized spacial score (nSPS) is 19.0. The Bertz CT molecular complexity index is 637. The largest absolute Gasteiger partial charge is 0.493 e. The van der Waals surface area contributed by atoms with Crippen molar-refractivity contribution in [1.29, 1.82) is 0 Å². The lowest BCUT2D eigenvalue weighted by Crippen LogP contribution is -2.42. The lowest BCUT2D eigenvalue weighted by Gasteiger charge is -2.31. The number of nitrogens with zero attached hydrogens (tertiary/aromatic N) is 1. The summed E-state index contributed by atoms with van der Waals surface area (Å²) in [6.45, 7) is 3.29. The maximum Gasteiger partial charge on any atom is 0.243 e. The molecule has 0 aromatic heterocycles. The van der Waals surface area contributed by atoms with Crippen molar-refractivity contribution in [3.8, 4) is 11.5 Å². The van der Waals surface area contributed by atoms with E-state index in [0.29, 0.717) is 36.7 Å². The van der Waals surface area contributed by atoms with Gasteiger partial charge in [0.2, 0.25) is 10.0 Å². The van der Waals surface area contributed by atoms with Gasteiger partial charge in [0.05, 0.1) is 19.1 Å². The SMILES string of the molecule is COc1cc(C)c(S(=O)(=O)N2CCCC(CN)C2)cc1OC.Cl. The highest BCUT2D eigenvalue weighted by Crippen LogP contribution is 2.34. The van der Waals surface area contributed by atoms with Gasteiger partial charge in [0.15, 0.2) is 11.5 Å². The summed E-state index contributed by atoms with van der Waals surface area (Å²) < 4.78 is 37.8. The molecule has 0 radical (unpaired) electrons. The summed E-state index contributed by atoms with van der Waals surface area (Å²) in [5.74, 6) is 1.17. The fourth-order valence-electron chi connectivity index (χ4n) is 2.82.